The van der Waals surface area contributed by atoms with Crippen LogP contribution in [0, 0.1) is 0 Å². The molecule has 0 amide bonds. The highest BCUT2D eigenvalue weighted by molar-refractivity contribution is 3.84. The topological polar surface area (TPSA) is 80.9 Å². The molecule has 0 saturated heterocycles. The summed E-state index contributed by atoms with van der Waals surface area (Å²) in [7, 11) is 0. The van der Waals surface area contributed by atoms with Crippen LogP contribution in [0.5, 0.6) is 0 Å². The van der Waals surface area contributed by atoms with Gasteiger partial charge in [-0.1, -0.05) is 0 Å². The van der Waals surface area contributed by atoms with Crippen molar-refractivity contribution in [2.24, 2.45) is 0 Å². The Morgan fingerprint density at radius 2 is 0.500 bits per heavy atom. The van der Waals surface area contributed by atoms with Gasteiger partial charge in [-0.25, -0.2) is 0 Å². The summed E-state index contributed by atoms with van der Waals surface area (Å²) in [5.41, 5.74) is 0. The molecule has 0 aliphatic heterocycles. The van der Waals surface area contributed by atoms with Crippen LogP contribution in [0.15, 0.2) is 0 Å². The van der Waals surface area contributed by atoms with Gasteiger partial charge in [-0.3, -0.25) is 0 Å². The SMILES string of the molecule is CCO.CCO.CCO.CCO. The molecule has 0 rings (SSSR count). The summed E-state index contributed by atoms with van der Waals surface area (Å²) in [5.74, 6) is 0. The minimum Gasteiger partial charge on any atom is -0.397 e. The third-order valence-electron chi connectivity index (χ3n) is 0. The second kappa shape index (κ2) is 71.2. The van der Waals surface area contributed by atoms with Crippen LogP contribution in [0.2, 0.25) is 0 Å². The Morgan fingerprint density at radius 3 is 0.500 bits per heavy atom. The van der Waals surface area contributed by atoms with Gasteiger partial charge in [0.15, 0.2) is 0 Å². The largest absolute Gasteiger partial charge is 0.397 e. The Bertz CT molecular complexity index is 19.0. The maximum atomic E-state index is 7.57. The Balaban J connectivity index is -0.0000000356. The summed E-state index contributed by atoms with van der Waals surface area (Å²) in [4.78, 5) is 0. The lowest BCUT2D eigenvalue weighted by atomic mass is 10.9. The molecule has 0 aromatic rings. The van der Waals surface area contributed by atoms with E-state index in [1.807, 2.05) is 0 Å². The Hall–Kier alpha value is -0.160. The molecule has 0 aromatic heterocycles. The summed E-state index contributed by atoms with van der Waals surface area (Å²) in [6.45, 7) is 7.72. The second-order valence-electron chi connectivity index (χ2n) is 1.26. The predicted octanol–water partition coefficient (Wildman–Crippen LogP) is -0.00560. The molecule has 0 unspecified atom stereocenters. The third-order valence-corrected chi connectivity index (χ3v) is 0. The van der Waals surface area contributed by atoms with Crippen LogP contribution in [0.4, 0.5) is 0 Å². The lowest BCUT2D eigenvalue weighted by Gasteiger charge is -1.52. The van der Waals surface area contributed by atoms with Crippen LogP contribution in [-0.2, 0) is 0 Å². The summed E-state index contributed by atoms with van der Waals surface area (Å²) < 4.78 is 0. The van der Waals surface area contributed by atoms with E-state index in [0.717, 1.165) is 0 Å². The molecule has 0 atom stereocenters. The molecule has 0 radical (unpaired) electrons. The number of aliphatic hydroxyl groups excluding tert-OH is 4. The second-order valence-corrected chi connectivity index (χ2v) is 1.26. The molecule has 0 aliphatic carbocycles. The Kier molecular flexibility index (Phi) is 134. The Labute approximate surface area is 75.5 Å². The average molecular weight is 184 g/mol. The van der Waals surface area contributed by atoms with E-state index in [0.29, 0.717) is 0 Å². The van der Waals surface area contributed by atoms with E-state index in [1.165, 1.54) is 0 Å². The first-order valence-electron chi connectivity index (χ1n) is 4.09. The molecule has 12 heavy (non-hydrogen) atoms. The van der Waals surface area contributed by atoms with Gasteiger partial charge in [-0.05, 0) is 27.7 Å². The third kappa shape index (κ3) is 30000. The van der Waals surface area contributed by atoms with Gasteiger partial charge in [0, 0.05) is 26.4 Å². The highest BCUT2D eigenvalue weighted by Crippen LogP contribution is 1.30. The molecular formula is C8H24O4. The molecule has 0 spiro atoms. The molecule has 80 valence electrons. The summed E-state index contributed by atoms with van der Waals surface area (Å²) >= 11 is 0. The molecule has 4 nitrogen and oxygen atoms in total. The molecule has 0 aliphatic rings. The fourth-order valence-corrected chi connectivity index (χ4v) is 0. The summed E-state index contributed by atoms with van der Waals surface area (Å²) in [6, 6.07) is 0. The molecule has 0 fully saturated rings. The van der Waals surface area contributed by atoms with E-state index in [2.05, 4.69) is 0 Å². The maximum Gasteiger partial charge on any atom is 0.0402 e. The van der Waals surface area contributed by atoms with Crippen molar-refractivity contribution >= 4 is 0 Å². The Morgan fingerprint density at radius 1 is 0.500 bits per heavy atom. The number of aliphatic hydroxyl groups is 4. The van der Waals surface area contributed by atoms with Crippen molar-refractivity contribution in [2.45, 2.75) is 27.7 Å². The van der Waals surface area contributed by atoms with Crippen LogP contribution in [0.25, 0.3) is 0 Å². The molecule has 4 heteroatoms. The van der Waals surface area contributed by atoms with Crippen LogP contribution in [0.1, 0.15) is 27.7 Å². The van der Waals surface area contributed by atoms with Gasteiger partial charge in [-0.15, -0.1) is 0 Å². The lowest BCUT2D eigenvalue weighted by Crippen LogP contribution is -1.57. The first-order chi connectivity index (χ1) is 5.66. The fourth-order valence-electron chi connectivity index (χ4n) is 0. The van der Waals surface area contributed by atoms with Crippen molar-refractivity contribution in [1.29, 1.82) is 0 Å². The zero-order valence-corrected chi connectivity index (χ0v) is 8.62. The quantitative estimate of drug-likeness (QED) is 0.427. The van der Waals surface area contributed by atoms with Crippen LogP contribution < -0.4 is 0 Å². The predicted molar refractivity (Wildman–Crippen MR) is 51.0 cm³/mol. The van der Waals surface area contributed by atoms with E-state index in [1.54, 1.807) is 27.7 Å². The van der Waals surface area contributed by atoms with Crippen LogP contribution in [-0.4, -0.2) is 46.9 Å². The highest BCUT2D eigenvalue weighted by Gasteiger charge is 1.35. The molecule has 0 heterocycles. The highest BCUT2D eigenvalue weighted by atomic mass is 16.3. The van der Waals surface area contributed by atoms with Gasteiger partial charge >= 0.3 is 0 Å². The molecule has 0 saturated carbocycles. The van der Waals surface area contributed by atoms with Gasteiger partial charge in [0.2, 0.25) is 0 Å². The standard InChI is InChI=1S/4C2H6O/c4*1-2-3/h4*3H,2H2,1H3. The minimum absolute atomic E-state index is 0.250. The number of rotatable bonds is 0. The first-order valence-corrected chi connectivity index (χ1v) is 4.09. The van der Waals surface area contributed by atoms with Crippen molar-refractivity contribution in [2.75, 3.05) is 26.4 Å². The van der Waals surface area contributed by atoms with E-state index < -0.39 is 0 Å². The first kappa shape index (κ1) is 22.6. The fraction of sp³-hybridized carbons (Fsp3) is 1.00. The molecule has 4 N–H and O–H groups in total. The van der Waals surface area contributed by atoms with Crippen molar-refractivity contribution in [3.8, 4) is 0 Å². The van der Waals surface area contributed by atoms with Crippen molar-refractivity contribution in [1.82, 2.24) is 0 Å². The zero-order chi connectivity index (χ0) is 10.8. The normalized spacial score (nSPS) is 6.00. The summed E-state index contributed by atoms with van der Waals surface area (Å²) in [5, 5.41) is 30.3. The maximum absolute atomic E-state index is 7.57. The molecule has 0 bridgehead atoms. The van der Waals surface area contributed by atoms with Crippen LogP contribution >= 0.6 is 0 Å². The van der Waals surface area contributed by atoms with Gasteiger partial charge in [0.1, 0.15) is 0 Å². The van der Waals surface area contributed by atoms with Crippen LogP contribution in [0.3, 0.4) is 0 Å². The van der Waals surface area contributed by atoms with Crippen molar-refractivity contribution < 1.29 is 20.4 Å². The minimum atomic E-state index is 0.250. The van der Waals surface area contributed by atoms with Crippen molar-refractivity contribution in [3.05, 3.63) is 0 Å². The zero-order valence-electron chi connectivity index (χ0n) is 8.62. The van der Waals surface area contributed by atoms with E-state index in [-0.39, 0.29) is 26.4 Å². The van der Waals surface area contributed by atoms with Crippen molar-refractivity contribution in [3.63, 3.8) is 0 Å². The van der Waals surface area contributed by atoms with E-state index in [4.69, 9.17) is 20.4 Å². The molecule has 0 aromatic carbocycles. The van der Waals surface area contributed by atoms with Gasteiger partial charge in [0.25, 0.3) is 0 Å². The van der Waals surface area contributed by atoms with Gasteiger partial charge in [-0.2, -0.15) is 0 Å². The van der Waals surface area contributed by atoms with E-state index >= 15 is 0 Å². The van der Waals surface area contributed by atoms with E-state index in [9.17, 15) is 0 Å². The number of hydrogen-bond donors (Lipinski definition) is 4. The smallest absolute Gasteiger partial charge is 0.0402 e. The van der Waals surface area contributed by atoms with Gasteiger partial charge < -0.3 is 20.4 Å². The summed E-state index contributed by atoms with van der Waals surface area (Å²) in [6.07, 6.45) is 0. The monoisotopic (exact) mass is 184 g/mol. The lowest BCUT2D eigenvalue weighted by molar-refractivity contribution is 0.318. The average Bonchev–Trinajstić information content (AvgIpc) is 1.92. The van der Waals surface area contributed by atoms with Gasteiger partial charge in [0.05, 0.1) is 0 Å². The molecular weight excluding hydrogens is 160 g/mol. The number of hydrogen-bond acceptors (Lipinski definition) is 4.